The molecule has 9 nitrogen and oxygen atoms in total. The van der Waals surface area contributed by atoms with E-state index in [1.54, 1.807) is 35.3 Å². The molecule has 3 N–H and O–H groups in total. The van der Waals surface area contributed by atoms with Crippen LogP contribution in [0.2, 0.25) is 5.02 Å². The third kappa shape index (κ3) is 6.66. The zero-order valence-electron chi connectivity index (χ0n) is 22.3. The van der Waals surface area contributed by atoms with Crippen LogP contribution in [-0.2, 0) is 6.42 Å². The summed E-state index contributed by atoms with van der Waals surface area (Å²) >= 11 is 5.99. The number of nitrogens with zero attached hydrogens (tertiary/aromatic N) is 6. The zero-order chi connectivity index (χ0) is 27.2. The van der Waals surface area contributed by atoms with E-state index in [0.717, 1.165) is 56.9 Å². The highest BCUT2D eigenvalue weighted by atomic mass is 35.5. The van der Waals surface area contributed by atoms with E-state index in [1.807, 2.05) is 43.5 Å². The van der Waals surface area contributed by atoms with Gasteiger partial charge in [0.05, 0.1) is 34.4 Å². The van der Waals surface area contributed by atoms with Gasteiger partial charge in [0, 0.05) is 49.3 Å². The van der Waals surface area contributed by atoms with Gasteiger partial charge < -0.3 is 15.7 Å². The first-order valence-corrected chi connectivity index (χ1v) is 13.4. The van der Waals surface area contributed by atoms with Crippen molar-refractivity contribution in [1.82, 2.24) is 19.7 Å². The lowest BCUT2D eigenvalue weighted by atomic mass is 10.1. The molecule has 1 amide bonds. The molecule has 0 saturated carbocycles. The summed E-state index contributed by atoms with van der Waals surface area (Å²) in [6, 6.07) is 19.2. The Balaban J connectivity index is 0.00000370. The average molecular weight is 558 g/mol. The number of nitriles is 1. The second-order valence-electron chi connectivity index (χ2n) is 9.62. The molecule has 1 saturated heterocycles. The highest BCUT2D eigenvalue weighted by Gasteiger charge is 2.20. The van der Waals surface area contributed by atoms with Crippen LogP contribution in [0.15, 0.2) is 73.2 Å². The Bertz CT molecular complexity index is 1470. The highest BCUT2D eigenvalue weighted by Crippen LogP contribution is 2.26. The Hall–Kier alpha value is -4.23. The van der Waals surface area contributed by atoms with Crippen LogP contribution in [0.4, 0.5) is 11.4 Å². The van der Waals surface area contributed by atoms with Gasteiger partial charge >= 0.3 is 0 Å². The van der Waals surface area contributed by atoms with E-state index in [4.69, 9.17) is 11.6 Å². The fourth-order valence-corrected chi connectivity index (χ4v) is 5.04. The number of hydrogen-bond donors (Lipinski definition) is 1. The minimum Gasteiger partial charge on any atom is -0.412 e. The van der Waals surface area contributed by atoms with Crippen molar-refractivity contribution >= 4 is 28.9 Å². The zero-order valence-corrected chi connectivity index (χ0v) is 23.1. The second-order valence-corrected chi connectivity index (χ2v) is 10.1. The van der Waals surface area contributed by atoms with E-state index in [9.17, 15) is 10.1 Å². The molecule has 0 bridgehead atoms. The maximum Gasteiger partial charge on any atom is 0.259 e. The largest absolute Gasteiger partial charge is 0.412 e. The van der Waals surface area contributed by atoms with Crippen LogP contribution in [-0.4, -0.2) is 63.8 Å². The number of carbonyl (C=O) groups excluding carboxylic acids is 1. The van der Waals surface area contributed by atoms with Crippen molar-refractivity contribution < 1.29 is 10.3 Å². The summed E-state index contributed by atoms with van der Waals surface area (Å²) in [5.74, 6) is -0.274. The minimum atomic E-state index is -0.274. The van der Waals surface area contributed by atoms with Crippen molar-refractivity contribution in [2.75, 3.05) is 42.9 Å². The van der Waals surface area contributed by atoms with Crippen molar-refractivity contribution in [1.29, 1.82) is 5.26 Å². The molecule has 10 heteroatoms. The van der Waals surface area contributed by atoms with Crippen LogP contribution >= 0.6 is 11.6 Å². The number of benzene rings is 2. The molecule has 3 heterocycles. The van der Waals surface area contributed by atoms with Crippen molar-refractivity contribution in [2.45, 2.75) is 19.8 Å². The molecule has 1 aliphatic rings. The van der Waals surface area contributed by atoms with Crippen LogP contribution < -0.4 is 10.2 Å². The number of hydrogen-bond acceptors (Lipinski definition) is 6. The van der Waals surface area contributed by atoms with Gasteiger partial charge in [-0.05, 0) is 80.4 Å². The number of anilines is 2. The van der Waals surface area contributed by atoms with Crippen LogP contribution in [0.25, 0.3) is 5.69 Å². The fourth-order valence-electron chi connectivity index (χ4n) is 4.92. The number of carbonyl (C=O) groups is 1. The van der Waals surface area contributed by atoms with Gasteiger partial charge in [0.1, 0.15) is 6.07 Å². The Labute approximate surface area is 238 Å². The normalized spacial score (nSPS) is 13.4. The van der Waals surface area contributed by atoms with Gasteiger partial charge in [-0.25, -0.2) is 4.68 Å². The van der Waals surface area contributed by atoms with Gasteiger partial charge in [0.15, 0.2) is 0 Å². The number of pyridine rings is 1. The van der Waals surface area contributed by atoms with Crippen molar-refractivity contribution in [3.05, 3.63) is 101 Å². The summed E-state index contributed by atoms with van der Waals surface area (Å²) < 4.78 is 1.70. The molecule has 2 aromatic carbocycles. The number of aryl methyl sites for hydroxylation is 1. The predicted octanol–water partition coefficient (Wildman–Crippen LogP) is 4.28. The van der Waals surface area contributed by atoms with Crippen LogP contribution in [0, 0.1) is 18.3 Å². The van der Waals surface area contributed by atoms with Gasteiger partial charge in [-0.15, -0.1) is 0 Å². The average Bonchev–Trinajstić information content (AvgIpc) is 3.35. The van der Waals surface area contributed by atoms with Gasteiger partial charge in [0.2, 0.25) is 0 Å². The number of piperazine rings is 1. The first kappa shape index (κ1) is 28.8. The van der Waals surface area contributed by atoms with E-state index in [-0.39, 0.29) is 11.4 Å². The maximum absolute atomic E-state index is 13.0. The first-order valence-electron chi connectivity index (χ1n) is 13.0. The lowest BCUT2D eigenvalue weighted by Crippen LogP contribution is -2.46. The van der Waals surface area contributed by atoms with Crippen molar-refractivity contribution in [3.8, 4) is 11.8 Å². The minimum absolute atomic E-state index is 0. The van der Waals surface area contributed by atoms with Gasteiger partial charge in [0.25, 0.3) is 5.91 Å². The Morgan fingerprint density at radius 3 is 2.55 bits per heavy atom. The summed E-state index contributed by atoms with van der Waals surface area (Å²) in [7, 11) is 0. The van der Waals surface area contributed by atoms with E-state index in [1.165, 1.54) is 5.56 Å². The van der Waals surface area contributed by atoms with E-state index in [0.29, 0.717) is 27.5 Å². The molecule has 40 heavy (non-hydrogen) atoms. The molecular formula is C30H32ClN7O2. The van der Waals surface area contributed by atoms with Gasteiger partial charge in [-0.2, -0.15) is 10.4 Å². The van der Waals surface area contributed by atoms with Crippen molar-refractivity contribution in [2.24, 2.45) is 0 Å². The number of amides is 1. The van der Waals surface area contributed by atoms with Crippen LogP contribution in [0.1, 0.15) is 33.6 Å². The Kier molecular flexibility index (Phi) is 9.51. The van der Waals surface area contributed by atoms with Crippen molar-refractivity contribution in [3.63, 3.8) is 0 Å². The topological polar surface area (TPSA) is 122 Å². The van der Waals surface area contributed by atoms with Gasteiger partial charge in [-0.3, -0.25) is 14.7 Å². The SMILES string of the molecule is Cc1c(C(=O)Nc2ccc(N3CCN(CCCc4cccnc4)CC3)c(C#N)c2)cnn1-c1ccc(Cl)cc1.O. The number of halogens is 1. The summed E-state index contributed by atoms with van der Waals surface area (Å²) in [5, 5.41) is 17.8. The summed E-state index contributed by atoms with van der Waals surface area (Å²) in [6.07, 6.45) is 7.42. The molecule has 4 aromatic rings. The second kappa shape index (κ2) is 13.2. The quantitative estimate of drug-likeness (QED) is 0.345. The lowest BCUT2D eigenvalue weighted by Gasteiger charge is -2.36. The number of rotatable bonds is 8. The fraction of sp³-hybridized carbons (Fsp3) is 0.267. The van der Waals surface area contributed by atoms with Gasteiger partial charge in [-0.1, -0.05) is 17.7 Å². The Morgan fingerprint density at radius 2 is 1.85 bits per heavy atom. The molecule has 1 fully saturated rings. The molecule has 0 aliphatic carbocycles. The molecule has 0 unspecified atom stereocenters. The highest BCUT2D eigenvalue weighted by molar-refractivity contribution is 6.30. The molecule has 5 rings (SSSR count). The lowest BCUT2D eigenvalue weighted by molar-refractivity contribution is 0.102. The monoisotopic (exact) mass is 557 g/mol. The number of aromatic nitrogens is 3. The molecule has 206 valence electrons. The summed E-state index contributed by atoms with van der Waals surface area (Å²) in [6.45, 7) is 6.51. The molecule has 0 atom stereocenters. The van der Waals surface area contributed by atoms with E-state index in [2.05, 4.69) is 37.3 Å². The Morgan fingerprint density at radius 1 is 1.07 bits per heavy atom. The molecular weight excluding hydrogens is 526 g/mol. The number of nitrogens with one attached hydrogen (secondary N) is 1. The van der Waals surface area contributed by atoms with E-state index >= 15 is 0 Å². The molecule has 0 radical (unpaired) electrons. The first-order chi connectivity index (χ1) is 19.0. The molecule has 1 aliphatic heterocycles. The summed E-state index contributed by atoms with van der Waals surface area (Å²) in [5.41, 5.74) is 5.29. The third-order valence-corrected chi connectivity index (χ3v) is 7.33. The van der Waals surface area contributed by atoms with Crippen LogP contribution in [0.5, 0.6) is 0 Å². The van der Waals surface area contributed by atoms with E-state index < -0.39 is 0 Å². The third-order valence-electron chi connectivity index (χ3n) is 7.08. The molecule has 0 spiro atoms. The maximum atomic E-state index is 13.0. The van der Waals surface area contributed by atoms with Crippen LogP contribution in [0.3, 0.4) is 0 Å². The molecule has 2 aromatic heterocycles. The standard InChI is InChI=1S/C30H30ClN7O.H2O/c1-22-28(21-34-38(22)27-9-6-25(31)7-10-27)30(39)35-26-8-11-29(24(18-26)19-32)37-16-14-36(15-17-37)13-3-5-23-4-2-12-33-20-23;/h2,4,6-12,18,20-21H,3,5,13-17H2,1H3,(H,35,39);1H2. The smallest absolute Gasteiger partial charge is 0.259 e. The predicted molar refractivity (Wildman–Crippen MR) is 157 cm³/mol. The summed E-state index contributed by atoms with van der Waals surface area (Å²) in [4.78, 5) is 22.0.